The fraction of sp³-hybridized carbons (Fsp3) is 0. The van der Waals surface area contributed by atoms with Crippen molar-refractivity contribution < 1.29 is 0 Å². The zero-order valence-electron chi connectivity index (χ0n) is 10.9. The largest absolute Gasteiger partial charge is 0.0616 e. The van der Waals surface area contributed by atoms with Crippen molar-refractivity contribution in [2.45, 2.75) is 0 Å². The van der Waals surface area contributed by atoms with Crippen LogP contribution in [0, 0.1) is 0 Å². The molecule has 5 rings (SSSR count). The van der Waals surface area contributed by atoms with Crippen LogP contribution >= 0.6 is 0 Å². The minimum absolute atomic E-state index is 1.36. The molecule has 0 saturated heterocycles. The van der Waals surface area contributed by atoms with Crippen molar-refractivity contribution in [3.05, 3.63) is 95.1 Å². The number of benzene rings is 3. The molecule has 0 atom stereocenters. The fourth-order valence-corrected chi connectivity index (χ4v) is 3.42. The van der Waals surface area contributed by atoms with E-state index >= 15 is 0 Å². The van der Waals surface area contributed by atoms with E-state index in [2.05, 4.69) is 72.8 Å². The summed E-state index contributed by atoms with van der Waals surface area (Å²) in [6.45, 7) is 0. The zero-order chi connectivity index (χ0) is 13.1. The van der Waals surface area contributed by atoms with E-state index in [9.17, 15) is 0 Å². The van der Waals surface area contributed by atoms with Crippen LogP contribution in [0.3, 0.4) is 0 Å². The molecule has 0 bridgehead atoms. The van der Waals surface area contributed by atoms with Crippen LogP contribution in [-0.2, 0) is 0 Å². The lowest BCUT2D eigenvalue weighted by Gasteiger charge is -2.01. The lowest BCUT2D eigenvalue weighted by molar-refractivity contribution is 1.65. The second kappa shape index (κ2) is 3.49. The third-order valence-electron chi connectivity index (χ3n) is 4.34. The van der Waals surface area contributed by atoms with Gasteiger partial charge in [0.25, 0.3) is 0 Å². The smallest absolute Gasteiger partial charge is 0.00139 e. The Labute approximate surface area is 118 Å². The summed E-state index contributed by atoms with van der Waals surface area (Å²) >= 11 is 0. The molecule has 20 heavy (non-hydrogen) atoms. The second-order valence-electron chi connectivity index (χ2n) is 5.39. The highest BCUT2D eigenvalue weighted by Crippen LogP contribution is 2.54. The zero-order valence-corrected chi connectivity index (χ0v) is 10.9. The molecule has 0 aromatic heterocycles. The van der Waals surface area contributed by atoms with Gasteiger partial charge >= 0.3 is 0 Å². The molecule has 3 aromatic rings. The number of hydrogen-bond donors (Lipinski definition) is 0. The summed E-state index contributed by atoms with van der Waals surface area (Å²) in [6, 6.07) is 26.2. The van der Waals surface area contributed by atoms with Crippen LogP contribution in [0.4, 0.5) is 0 Å². The van der Waals surface area contributed by atoms with E-state index in [0.29, 0.717) is 0 Å². The maximum atomic E-state index is 2.25. The van der Waals surface area contributed by atoms with Gasteiger partial charge in [0.05, 0.1) is 0 Å². The lowest BCUT2D eigenvalue weighted by atomic mass is 10.0. The van der Waals surface area contributed by atoms with Gasteiger partial charge < -0.3 is 0 Å². The first-order valence-electron chi connectivity index (χ1n) is 6.98. The van der Waals surface area contributed by atoms with Crippen molar-refractivity contribution in [1.29, 1.82) is 0 Å². The average molecular weight is 252 g/mol. The van der Waals surface area contributed by atoms with Crippen LogP contribution < -0.4 is 0 Å². The monoisotopic (exact) mass is 252 g/mol. The summed E-state index contributed by atoms with van der Waals surface area (Å²) in [5.41, 5.74) is 11.2. The molecule has 0 heteroatoms. The molecule has 0 N–H and O–H groups in total. The molecule has 2 aliphatic rings. The molecule has 2 aliphatic carbocycles. The predicted octanol–water partition coefficient (Wildman–Crippen LogP) is 4.99. The van der Waals surface area contributed by atoms with Crippen molar-refractivity contribution in [2.75, 3.05) is 0 Å². The van der Waals surface area contributed by atoms with Crippen LogP contribution in [0.2, 0.25) is 0 Å². The van der Waals surface area contributed by atoms with E-state index in [1.54, 1.807) is 0 Å². The van der Waals surface area contributed by atoms with Gasteiger partial charge in [0.15, 0.2) is 0 Å². The van der Waals surface area contributed by atoms with E-state index in [1.165, 1.54) is 44.5 Å². The molecule has 0 saturated carbocycles. The summed E-state index contributed by atoms with van der Waals surface area (Å²) in [5.74, 6) is 0. The van der Waals surface area contributed by atoms with Crippen molar-refractivity contribution in [3.63, 3.8) is 0 Å². The van der Waals surface area contributed by atoms with E-state index in [-0.39, 0.29) is 0 Å². The average Bonchev–Trinajstić information content (AvgIpc) is 3.14. The normalized spacial score (nSPS) is 13.8. The molecule has 0 aliphatic heterocycles. The van der Waals surface area contributed by atoms with Crippen molar-refractivity contribution in [2.24, 2.45) is 0 Å². The molecule has 0 spiro atoms. The Bertz CT molecular complexity index is 825. The Balaban J connectivity index is 1.90. The molecule has 0 fully saturated rings. The quantitative estimate of drug-likeness (QED) is 0.364. The highest BCUT2D eigenvalue weighted by Gasteiger charge is 2.33. The molecular formula is C20H12. The van der Waals surface area contributed by atoms with Gasteiger partial charge in [-0.2, -0.15) is 0 Å². The van der Waals surface area contributed by atoms with Crippen molar-refractivity contribution in [1.82, 2.24) is 0 Å². The molecular weight excluding hydrogens is 240 g/mol. The molecule has 0 radical (unpaired) electrons. The molecule has 0 heterocycles. The topological polar surface area (TPSA) is 0 Å². The summed E-state index contributed by atoms with van der Waals surface area (Å²) in [7, 11) is 0. The summed E-state index contributed by atoms with van der Waals surface area (Å²) in [5, 5.41) is 0. The predicted molar refractivity (Wildman–Crippen MR) is 83.3 cm³/mol. The highest BCUT2D eigenvalue weighted by molar-refractivity contribution is 6.21. The van der Waals surface area contributed by atoms with Gasteiger partial charge in [0.1, 0.15) is 0 Å². The Morgan fingerprint density at radius 2 is 0.550 bits per heavy atom. The van der Waals surface area contributed by atoms with Crippen LogP contribution in [0.1, 0.15) is 22.3 Å². The van der Waals surface area contributed by atoms with E-state index in [0.717, 1.165) is 0 Å². The molecule has 92 valence electrons. The first-order chi connectivity index (χ1) is 9.95. The van der Waals surface area contributed by atoms with Crippen LogP contribution in [-0.4, -0.2) is 0 Å². The fourth-order valence-electron chi connectivity index (χ4n) is 3.42. The maximum absolute atomic E-state index is 2.25. The van der Waals surface area contributed by atoms with Crippen molar-refractivity contribution >= 4 is 11.1 Å². The van der Waals surface area contributed by atoms with E-state index in [4.69, 9.17) is 0 Å². The summed E-state index contributed by atoms with van der Waals surface area (Å²) in [4.78, 5) is 0. The van der Waals surface area contributed by atoms with Crippen LogP contribution in [0.25, 0.3) is 22.3 Å². The van der Waals surface area contributed by atoms with E-state index < -0.39 is 0 Å². The number of fused-ring (bicyclic) bond motifs is 4. The summed E-state index contributed by atoms with van der Waals surface area (Å²) < 4.78 is 0. The van der Waals surface area contributed by atoms with Crippen LogP contribution in [0.5, 0.6) is 0 Å². The first kappa shape index (κ1) is 10.2. The van der Waals surface area contributed by atoms with E-state index in [1.807, 2.05) is 0 Å². The minimum atomic E-state index is 1.36. The van der Waals surface area contributed by atoms with Gasteiger partial charge in [-0.1, -0.05) is 72.8 Å². The third-order valence-corrected chi connectivity index (χ3v) is 4.34. The third kappa shape index (κ3) is 1.16. The Kier molecular flexibility index (Phi) is 1.78. The van der Waals surface area contributed by atoms with Crippen molar-refractivity contribution in [3.8, 4) is 11.1 Å². The Morgan fingerprint density at radius 1 is 0.300 bits per heavy atom. The minimum Gasteiger partial charge on any atom is -0.0616 e. The number of hydrogen-bond acceptors (Lipinski definition) is 0. The highest BCUT2D eigenvalue weighted by atomic mass is 14.4. The van der Waals surface area contributed by atoms with Gasteiger partial charge in [0, 0.05) is 0 Å². The van der Waals surface area contributed by atoms with Crippen LogP contribution in [0.15, 0.2) is 72.8 Å². The number of rotatable bonds is 0. The molecule has 0 unspecified atom stereocenters. The second-order valence-corrected chi connectivity index (χ2v) is 5.39. The maximum Gasteiger partial charge on any atom is -0.00139 e. The molecule has 0 amide bonds. The molecule has 3 aromatic carbocycles. The van der Waals surface area contributed by atoms with Gasteiger partial charge in [-0.15, -0.1) is 0 Å². The first-order valence-corrected chi connectivity index (χ1v) is 6.98. The van der Waals surface area contributed by atoms with Gasteiger partial charge in [-0.05, 0) is 44.5 Å². The van der Waals surface area contributed by atoms with Gasteiger partial charge in [-0.25, -0.2) is 0 Å². The Hall–Kier alpha value is -2.60. The standard InChI is InChI=1S/C20H12/c1-3-9-15-13(7-1)14-8-2-4-10-16(14)19(15)20-17-11-5-6-12-18(17)20/h1-12H. The Morgan fingerprint density at radius 3 is 0.900 bits per heavy atom. The SMILES string of the molecule is c1ccc2c(c1)C2=C1c2ccccc2-c2ccccc21. The lowest BCUT2D eigenvalue weighted by Crippen LogP contribution is -1.80. The van der Waals surface area contributed by atoms with Gasteiger partial charge in [0.2, 0.25) is 0 Å². The van der Waals surface area contributed by atoms with Gasteiger partial charge in [-0.3, -0.25) is 0 Å². The summed E-state index contributed by atoms with van der Waals surface area (Å²) in [6.07, 6.45) is 0. The molecule has 0 nitrogen and oxygen atoms in total.